The molecule has 102 valence electrons. The summed E-state index contributed by atoms with van der Waals surface area (Å²) in [6, 6.07) is 8.17. The van der Waals surface area contributed by atoms with Crippen molar-refractivity contribution in [1.82, 2.24) is 0 Å². The molecule has 0 unspecified atom stereocenters. The van der Waals surface area contributed by atoms with E-state index in [1.54, 1.807) is 0 Å². The largest absolute Gasteiger partial charge is 0.520 e. The molecule has 0 aliphatic rings. The van der Waals surface area contributed by atoms with E-state index >= 15 is 0 Å². The summed E-state index contributed by atoms with van der Waals surface area (Å²) in [6.45, 7) is 9.34. The molecule has 0 radical (unpaired) electrons. The van der Waals surface area contributed by atoms with Gasteiger partial charge in [0.05, 0.1) is 0 Å². The molecule has 0 aromatic heterocycles. The highest BCUT2D eigenvalue weighted by Gasteiger charge is 2.26. The maximum Gasteiger partial charge on any atom is 0.392 e. The third kappa shape index (κ3) is 6.22. The fourth-order valence-electron chi connectivity index (χ4n) is 1.84. The van der Waals surface area contributed by atoms with Gasteiger partial charge in [0.25, 0.3) is 0 Å². The summed E-state index contributed by atoms with van der Waals surface area (Å²) in [5.74, 6) is 0.931. The van der Waals surface area contributed by atoms with Crippen molar-refractivity contribution in [2.75, 3.05) is 6.61 Å². The van der Waals surface area contributed by atoms with Crippen molar-refractivity contribution in [2.45, 2.75) is 52.6 Å². The number of hydrogen-bond donors (Lipinski definition) is 0. The highest BCUT2D eigenvalue weighted by atomic mass is 28.4. The summed E-state index contributed by atoms with van der Waals surface area (Å²) < 4.78 is 11.9. The fourth-order valence-corrected chi connectivity index (χ4v) is 3.23. The second-order valence-corrected chi connectivity index (χ2v) is 8.52. The average molecular weight is 266 g/mol. The van der Waals surface area contributed by atoms with Gasteiger partial charge in [-0.2, -0.15) is 0 Å². The Kier molecular flexibility index (Phi) is 6.43. The van der Waals surface area contributed by atoms with Gasteiger partial charge in [-0.3, -0.25) is 0 Å². The smallest absolute Gasteiger partial charge is 0.392 e. The first-order valence-electron chi connectivity index (χ1n) is 6.93. The van der Waals surface area contributed by atoms with E-state index in [9.17, 15) is 0 Å². The van der Waals surface area contributed by atoms with Crippen LogP contribution in [-0.2, 0) is 4.43 Å². The van der Waals surface area contributed by atoms with Crippen molar-refractivity contribution >= 4 is 8.56 Å². The summed E-state index contributed by atoms with van der Waals surface area (Å²) in [5.41, 5.74) is 1.22. The Morgan fingerprint density at radius 3 is 2.56 bits per heavy atom. The fraction of sp³-hybridized carbons (Fsp3) is 0.600. The Morgan fingerprint density at radius 2 is 1.89 bits per heavy atom. The number of rotatable bonds is 8. The summed E-state index contributed by atoms with van der Waals surface area (Å²) in [7, 11) is -2.03. The van der Waals surface area contributed by atoms with E-state index < -0.39 is 8.56 Å². The van der Waals surface area contributed by atoms with Crippen molar-refractivity contribution < 1.29 is 8.85 Å². The predicted molar refractivity (Wildman–Crippen MR) is 79.4 cm³/mol. The number of unbranched alkanes of at least 4 members (excludes halogenated alkanes) is 3. The molecule has 0 aliphatic carbocycles. The van der Waals surface area contributed by atoms with E-state index in [0.717, 1.165) is 18.8 Å². The molecular formula is C15H26O2Si. The van der Waals surface area contributed by atoms with Crippen molar-refractivity contribution in [3.05, 3.63) is 29.8 Å². The Balaban J connectivity index is 2.34. The highest BCUT2D eigenvalue weighted by molar-refractivity contribution is 6.65. The zero-order valence-electron chi connectivity index (χ0n) is 12.2. The molecule has 0 N–H and O–H groups in total. The topological polar surface area (TPSA) is 18.5 Å². The van der Waals surface area contributed by atoms with E-state index in [1.807, 2.05) is 12.1 Å². The molecule has 0 bridgehead atoms. The Hall–Kier alpha value is -0.803. The molecular weight excluding hydrogens is 240 g/mol. The Bertz CT molecular complexity index is 350. The van der Waals surface area contributed by atoms with Crippen LogP contribution in [0.2, 0.25) is 13.1 Å². The minimum atomic E-state index is -2.03. The van der Waals surface area contributed by atoms with Crippen LogP contribution in [0.25, 0.3) is 0 Å². The lowest BCUT2D eigenvalue weighted by molar-refractivity contribution is 0.241. The normalized spacial score (nSPS) is 11.6. The van der Waals surface area contributed by atoms with Crippen LogP contribution >= 0.6 is 0 Å². The van der Waals surface area contributed by atoms with E-state index in [0.29, 0.717) is 0 Å². The van der Waals surface area contributed by atoms with Crippen LogP contribution < -0.4 is 4.43 Å². The van der Waals surface area contributed by atoms with Crippen molar-refractivity contribution in [3.63, 3.8) is 0 Å². The maximum absolute atomic E-state index is 6.01. The van der Waals surface area contributed by atoms with E-state index in [4.69, 9.17) is 8.85 Å². The second-order valence-electron chi connectivity index (χ2n) is 5.23. The molecule has 1 aromatic carbocycles. The van der Waals surface area contributed by atoms with Gasteiger partial charge in [0.15, 0.2) is 0 Å². The van der Waals surface area contributed by atoms with Gasteiger partial charge in [-0.05, 0) is 44.1 Å². The molecule has 0 heterocycles. The van der Waals surface area contributed by atoms with Gasteiger partial charge in [0, 0.05) is 6.61 Å². The third-order valence-electron chi connectivity index (χ3n) is 2.80. The monoisotopic (exact) mass is 266 g/mol. The van der Waals surface area contributed by atoms with E-state index in [1.165, 1.54) is 24.8 Å². The molecule has 1 aromatic rings. The molecule has 0 aliphatic heterocycles. The summed E-state index contributed by atoms with van der Waals surface area (Å²) in [4.78, 5) is 0. The summed E-state index contributed by atoms with van der Waals surface area (Å²) in [5, 5.41) is 0. The summed E-state index contributed by atoms with van der Waals surface area (Å²) in [6.07, 6.45) is 4.96. The number of benzene rings is 1. The van der Waals surface area contributed by atoms with Crippen LogP contribution in [-0.4, -0.2) is 15.2 Å². The van der Waals surface area contributed by atoms with E-state index in [-0.39, 0.29) is 0 Å². The molecule has 2 nitrogen and oxygen atoms in total. The first kappa shape index (κ1) is 15.3. The predicted octanol–water partition coefficient (Wildman–Crippen LogP) is 4.67. The van der Waals surface area contributed by atoms with Crippen molar-refractivity contribution in [3.8, 4) is 5.75 Å². The van der Waals surface area contributed by atoms with Gasteiger partial charge >= 0.3 is 8.56 Å². The van der Waals surface area contributed by atoms with E-state index in [2.05, 4.69) is 39.1 Å². The van der Waals surface area contributed by atoms with Crippen LogP contribution in [0.3, 0.4) is 0 Å². The number of hydrogen-bond acceptors (Lipinski definition) is 2. The Morgan fingerprint density at radius 1 is 1.11 bits per heavy atom. The number of aryl methyl sites for hydroxylation is 1. The molecule has 0 saturated carbocycles. The zero-order chi connectivity index (χ0) is 13.4. The minimum absolute atomic E-state index is 0.824. The molecule has 0 saturated heterocycles. The average Bonchev–Trinajstić information content (AvgIpc) is 2.28. The molecule has 0 fully saturated rings. The van der Waals surface area contributed by atoms with Gasteiger partial charge in [-0.25, -0.2) is 0 Å². The lowest BCUT2D eigenvalue weighted by Crippen LogP contribution is -2.38. The summed E-state index contributed by atoms with van der Waals surface area (Å²) >= 11 is 0. The standard InChI is InChI=1S/C15H26O2Si/c1-5-6-7-8-12-16-18(3,4)17-15-11-9-10-14(2)13-15/h9-11,13H,5-8,12H2,1-4H3. The van der Waals surface area contributed by atoms with Crippen LogP contribution in [0.5, 0.6) is 5.75 Å². The van der Waals surface area contributed by atoms with Crippen molar-refractivity contribution in [1.29, 1.82) is 0 Å². The molecule has 18 heavy (non-hydrogen) atoms. The second kappa shape index (κ2) is 7.59. The van der Waals surface area contributed by atoms with Crippen LogP contribution in [0, 0.1) is 6.92 Å². The highest BCUT2D eigenvalue weighted by Crippen LogP contribution is 2.18. The molecule has 0 spiro atoms. The van der Waals surface area contributed by atoms with Gasteiger partial charge in [0.2, 0.25) is 0 Å². The molecule has 0 atom stereocenters. The van der Waals surface area contributed by atoms with Gasteiger partial charge in [-0.1, -0.05) is 38.3 Å². The maximum atomic E-state index is 6.01. The van der Waals surface area contributed by atoms with Crippen LogP contribution in [0.1, 0.15) is 38.2 Å². The van der Waals surface area contributed by atoms with Gasteiger partial charge < -0.3 is 8.85 Å². The molecule has 0 amide bonds. The molecule has 3 heteroatoms. The van der Waals surface area contributed by atoms with Gasteiger partial charge in [0.1, 0.15) is 5.75 Å². The third-order valence-corrected chi connectivity index (χ3v) is 4.43. The first-order chi connectivity index (χ1) is 8.53. The van der Waals surface area contributed by atoms with Gasteiger partial charge in [-0.15, -0.1) is 0 Å². The SMILES string of the molecule is CCCCCCO[Si](C)(C)Oc1cccc(C)c1. The van der Waals surface area contributed by atoms with Crippen LogP contribution in [0.15, 0.2) is 24.3 Å². The zero-order valence-corrected chi connectivity index (χ0v) is 13.2. The first-order valence-corrected chi connectivity index (χ1v) is 9.75. The minimum Gasteiger partial charge on any atom is -0.520 e. The van der Waals surface area contributed by atoms with Crippen LogP contribution in [0.4, 0.5) is 0 Å². The lowest BCUT2D eigenvalue weighted by atomic mass is 10.2. The Labute approximate surface area is 113 Å². The quantitative estimate of drug-likeness (QED) is 0.503. The molecule has 1 rings (SSSR count). The lowest BCUT2D eigenvalue weighted by Gasteiger charge is -2.24. The van der Waals surface area contributed by atoms with Crippen molar-refractivity contribution in [2.24, 2.45) is 0 Å².